The first-order chi connectivity index (χ1) is 9.60. The molecular formula is C15H15N3O2. The van der Waals surface area contributed by atoms with Crippen molar-refractivity contribution >= 4 is 17.3 Å². The number of carbonyl (C=O) groups is 1. The molecule has 2 N–H and O–H groups in total. The van der Waals surface area contributed by atoms with Crippen molar-refractivity contribution in [2.45, 2.75) is 13.8 Å². The number of aromatic nitrogens is 1. The third-order valence-corrected chi connectivity index (χ3v) is 2.81. The van der Waals surface area contributed by atoms with Crippen LogP contribution in [0.3, 0.4) is 0 Å². The van der Waals surface area contributed by atoms with Gasteiger partial charge in [0.15, 0.2) is 0 Å². The van der Waals surface area contributed by atoms with Crippen LogP contribution < -0.4 is 5.32 Å². The number of nitrogens with one attached hydrogen (secondary N) is 1. The Morgan fingerprint density at radius 1 is 1.25 bits per heavy atom. The second kappa shape index (κ2) is 5.97. The highest BCUT2D eigenvalue weighted by atomic mass is 16.4. The van der Waals surface area contributed by atoms with Crippen molar-refractivity contribution in [3.8, 4) is 0 Å². The molecule has 0 spiro atoms. The fourth-order valence-electron chi connectivity index (χ4n) is 1.74. The number of benzene rings is 1. The average molecular weight is 269 g/mol. The molecule has 1 heterocycles. The highest BCUT2D eigenvalue weighted by Crippen LogP contribution is 2.13. The molecule has 1 aromatic heterocycles. The highest BCUT2D eigenvalue weighted by molar-refractivity contribution is 6.04. The molecule has 102 valence electrons. The summed E-state index contributed by atoms with van der Waals surface area (Å²) in [7, 11) is 0. The van der Waals surface area contributed by atoms with E-state index in [0.29, 0.717) is 17.1 Å². The van der Waals surface area contributed by atoms with Crippen LogP contribution in [-0.2, 0) is 0 Å². The van der Waals surface area contributed by atoms with Gasteiger partial charge in [-0.1, -0.05) is 23.4 Å². The maximum absolute atomic E-state index is 12.1. The summed E-state index contributed by atoms with van der Waals surface area (Å²) >= 11 is 0. The Labute approximate surface area is 117 Å². The van der Waals surface area contributed by atoms with Crippen LogP contribution in [0.2, 0.25) is 0 Å². The summed E-state index contributed by atoms with van der Waals surface area (Å²) in [6, 6.07) is 12.4. The van der Waals surface area contributed by atoms with Crippen LogP contribution in [0, 0.1) is 6.92 Å². The zero-order valence-corrected chi connectivity index (χ0v) is 11.3. The lowest BCUT2D eigenvalue weighted by atomic mass is 10.1. The Kier molecular flexibility index (Phi) is 4.10. The normalized spacial score (nSPS) is 11.2. The fraction of sp³-hybridized carbons (Fsp3) is 0.133. The number of oxime groups is 1. The largest absolute Gasteiger partial charge is 0.411 e. The Morgan fingerprint density at radius 3 is 2.70 bits per heavy atom. The number of anilines is 1. The zero-order chi connectivity index (χ0) is 14.5. The zero-order valence-electron chi connectivity index (χ0n) is 11.3. The van der Waals surface area contributed by atoms with Gasteiger partial charge in [-0.25, -0.2) is 4.98 Å². The molecule has 0 atom stereocenters. The number of aryl methyl sites for hydroxylation is 1. The van der Waals surface area contributed by atoms with Crippen LogP contribution in [0.15, 0.2) is 47.6 Å². The third kappa shape index (κ3) is 3.20. The van der Waals surface area contributed by atoms with Gasteiger partial charge in [-0.05, 0) is 38.1 Å². The molecule has 2 rings (SSSR count). The van der Waals surface area contributed by atoms with Crippen molar-refractivity contribution < 1.29 is 10.0 Å². The number of nitrogens with zero attached hydrogens (tertiary/aromatic N) is 2. The molecule has 5 nitrogen and oxygen atoms in total. The van der Waals surface area contributed by atoms with Gasteiger partial charge in [0.25, 0.3) is 5.91 Å². The smallest absolute Gasteiger partial charge is 0.274 e. The van der Waals surface area contributed by atoms with Crippen LogP contribution in [0.1, 0.15) is 28.7 Å². The van der Waals surface area contributed by atoms with Crippen molar-refractivity contribution in [3.05, 3.63) is 59.4 Å². The lowest BCUT2D eigenvalue weighted by Gasteiger charge is -2.07. The first kappa shape index (κ1) is 13.7. The lowest BCUT2D eigenvalue weighted by Crippen LogP contribution is -2.14. The Morgan fingerprint density at radius 2 is 2.00 bits per heavy atom. The molecule has 1 aromatic carbocycles. The quantitative estimate of drug-likeness (QED) is 0.511. The molecule has 0 bridgehead atoms. The van der Waals surface area contributed by atoms with Crippen LogP contribution in [0.5, 0.6) is 0 Å². The molecule has 0 aliphatic carbocycles. The van der Waals surface area contributed by atoms with Crippen LogP contribution in [0.4, 0.5) is 5.69 Å². The van der Waals surface area contributed by atoms with Gasteiger partial charge in [0.2, 0.25) is 0 Å². The number of carbonyl (C=O) groups excluding carboxylic acids is 1. The molecule has 5 heteroatoms. The van der Waals surface area contributed by atoms with Crippen molar-refractivity contribution in [2.24, 2.45) is 5.16 Å². The SMILES string of the molecule is C/C(=N\O)c1cccc(NC(=O)c2cccc(C)n2)c1. The van der Waals surface area contributed by atoms with Gasteiger partial charge in [0.1, 0.15) is 5.69 Å². The van der Waals surface area contributed by atoms with Gasteiger partial charge in [-0.15, -0.1) is 0 Å². The van der Waals surface area contributed by atoms with E-state index in [1.165, 1.54) is 0 Å². The highest BCUT2D eigenvalue weighted by Gasteiger charge is 2.08. The van der Waals surface area contributed by atoms with Gasteiger partial charge in [-0.3, -0.25) is 4.79 Å². The standard InChI is InChI=1S/C15H15N3O2/c1-10-5-3-8-14(16-10)15(19)17-13-7-4-6-12(9-13)11(2)18-20/h3-9,20H,1-2H3,(H,17,19)/b18-11+. The molecule has 0 unspecified atom stereocenters. The maximum atomic E-state index is 12.1. The first-order valence-corrected chi connectivity index (χ1v) is 6.14. The van der Waals surface area contributed by atoms with Crippen molar-refractivity contribution in [1.82, 2.24) is 4.98 Å². The Bertz CT molecular complexity index is 666. The molecule has 0 saturated heterocycles. The van der Waals surface area contributed by atoms with E-state index >= 15 is 0 Å². The summed E-state index contributed by atoms with van der Waals surface area (Å²) in [4.78, 5) is 16.2. The molecular weight excluding hydrogens is 254 g/mol. The first-order valence-electron chi connectivity index (χ1n) is 6.14. The van der Waals surface area contributed by atoms with E-state index in [4.69, 9.17) is 5.21 Å². The van der Waals surface area contributed by atoms with E-state index in [9.17, 15) is 4.79 Å². The van der Waals surface area contributed by atoms with Crippen LogP contribution in [0.25, 0.3) is 0 Å². The number of pyridine rings is 1. The summed E-state index contributed by atoms with van der Waals surface area (Å²) in [5.41, 5.74) is 2.99. The second-order valence-corrected chi connectivity index (χ2v) is 4.38. The summed E-state index contributed by atoms with van der Waals surface area (Å²) in [5.74, 6) is -0.274. The van der Waals surface area contributed by atoms with E-state index in [1.54, 1.807) is 43.3 Å². The average Bonchev–Trinajstić information content (AvgIpc) is 2.46. The molecule has 0 radical (unpaired) electrons. The molecule has 0 saturated carbocycles. The Balaban J connectivity index is 2.20. The van der Waals surface area contributed by atoms with Crippen LogP contribution in [-0.4, -0.2) is 21.8 Å². The minimum atomic E-state index is -0.274. The maximum Gasteiger partial charge on any atom is 0.274 e. The minimum absolute atomic E-state index is 0.274. The minimum Gasteiger partial charge on any atom is -0.411 e. The van der Waals surface area contributed by atoms with Gasteiger partial charge in [-0.2, -0.15) is 0 Å². The predicted molar refractivity (Wildman–Crippen MR) is 77.4 cm³/mol. The van der Waals surface area contributed by atoms with Crippen molar-refractivity contribution in [3.63, 3.8) is 0 Å². The number of hydrogen-bond acceptors (Lipinski definition) is 4. The second-order valence-electron chi connectivity index (χ2n) is 4.38. The van der Waals surface area contributed by atoms with Crippen LogP contribution >= 0.6 is 0 Å². The number of amides is 1. The van der Waals surface area contributed by atoms with Gasteiger partial charge >= 0.3 is 0 Å². The molecule has 20 heavy (non-hydrogen) atoms. The summed E-state index contributed by atoms with van der Waals surface area (Å²) in [6.45, 7) is 3.52. The van der Waals surface area contributed by atoms with E-state index in [0.717, 1.165) is 11.3 Å². The van der Waals surface area contributed by atoms with E-state index < -0.39 is 0 Å². The molecule has 1 amide bonds. The monoisotopic (exact) mass is 269 g/mol. The number of rotatable bonds is 3. The van der Waals surface area contributed by atoms with Gasteiger partial charge in [0.05, 0.1) is 5.71 Å². The molecule has 2 aromatic rings. The van der Waals surface area contributed by atoms with Gasteiger partial charge in [0, 0.05) is 16.9 Å². The van der Waals surface area contributed by atoms with Gasteiger partial charge < -0.3 is 10.5 Å². The topological polar surface area (TPSA) is 74.6 Å². The predicted octanol–water partition coefficient (Wildman–Crippen LogP) is 2.84. The van der Waals surface area contributed by atoms with Crippen molar-refractivity contribution in [2.75, 3.05) is 5.32 Å². The van der Waals surface area contributed by atoms with E-state index in [-0.39, 0.29) is 5.91 Å². The lowest BCUT2D eigenvalue weighted by molar-refractivity contribution is 0.102. The summed E-state index contributed by atoms with van der Waals surface area (Å²) in [5, 5.41) is 14.7. The fourth-order valence-corrected chi connectivity index (χ4v) is 1.74. The van der Waals surface area contributed by atoms with E-state index in [1.807, 2.05) is 13.0 Å². The molecule has 0 aliphatic heterocycles. The third-order valence-electron chi connectivity index (χ3n) is 2.81. The van der Waals surface area contributed by atoms with Crippen molar-refractivity contribution in [1.29, 1.82) is 0 Å². The molecule has 0 aliphatic rings. The van der Waals surface area contributed by atoms with E-state index in [2.05, 4.69) is 15.5 Å². The summed E-state index contributed by atoms with van der Waals surface area (Å²) < 4.78 is 0. The molecule has 0 fully saturated rings. The number of hydrogen-bond donors (Lipinski definition) is 2. The Hall–Kier alpha value is -2.69. The summed E-state index contributed by atoms with van der Waals surface area (Å²) in [6.07, 6.45) is 0.